The van der Waals surface area contributed by atoms with Crippen molar-refractivity contribution in [2.24, 2.45) is 11.8 Å². The molecule has 5 rings (SSSR count). The van der Waals surface area contributed by atoms with Crippen molar-refractivity contribution in [3.63, 3.8) is 0 Å². The number of carbonyl (C=O) groups is 8. The van der Waals surface area contributed by atoms with E-state index in [0.717, 1.165) is 48.1 Å². The number of benzene rings is 2. The third-order valence-corrected chi connectivity index (χ3v) is 16.8. The predicted molar refractivity (Wildman–Crippen MR) is 371 cm³/mol. The zero-order valence-corrected chi connectivity index (χ0v) is 60.0. The molecule has 0 bridgehead atoms. The van der Waals surface area contributed by atoms with Crippen LogP contribution < -0.4 is 36.8 Å². The Morgan fingerprint density at radius 3 is 1.79 bits per heavy atom. The van der Waals surface area contributed by atoms with E-state index in [-0.39, 0.29) is 146 Å². The molecular weight excluding hydrogens is 1330 g/mol. The van der Waals surface area contributed by atoms with Gasteiger partial charge in [0.1, 0.15) is 30.5 Å². The van der Waals surface area contributed by atoms with E-state index in [0.29, 0.717) is 103 Å². The molecule has 7 amide bonds. The van der Waals surface area contributed by atoms with E-state index in [1.165, 1.54) is 0 Å². The molecule has 0 radical (unpaired) electrons. The molecule has 0 spiro atoms. The molecule has 0 fully saturated rings. The Morgan fingerprint density at radius 2 is 1.15 bits per heavy atom. The van der Waals surface area contributed by atoms with Crippen LogP contribution in [0.1, 0.15) is 139 Å². The molecule has 31 heteroatoms. The maximum absolute atomic E-state index is 13.9. The average molecular weight is 1440 g/mol. The quantitative estimate of drug-likeness (QED) is 0.0243. The van der Waals surface area contributed by atoms with E-state index in [2.05, 4.69) is 54.1 Å². The zero-order valence-electron chi connectivity index (χ0n) is 59.2. The lowest BCUT2D eigenvalue weighted by Gasteiger charge is -2.27. The van der Waals surface area contributed by atoms with Crippen LogP contribution in [-0.2, 0) is 111 Å². The highest BCUT2D eigenvalue weighted by Gasteiger charge is 2.32. The minimum Gasteiger partial charge on any atom is -0.379 e. The van der Waals surface area contributed by atoms with Gasteiger partial charge in [-0.25, -0.2) is 4.68 Å². The van der Waals surface area contributed by atoms with Crippen LogP contribution in [0.25, 0.3) is 0 Å². The molecule has 4 atom stereocenters. The summed E-state index contributed by atoms with van der Waals surface area (Å²) < 4.78 is 82.8. The number of rotatable bonds is 52. The Kier molecular flexibility index (Phi) is 40.5. The molecule has 0 saturated carbocycles. The number of amides is 7. The first-order valence-electron chi connectivity index (χ1n) is 35.0. The molecule has 30 nitrogen and oxygen atoms in total. The summed E-state index contributed by atoms with van der Waals surface area (Å²) in [7, 11) is -4.14. The summed E-state index contributed by atoms with van der Waals surface area (Å²) >= 11 is 0. The number of ketones is 1. The first-order valence-corrected chi connectivity index (χ1v) is 36.7. The van der Waals surface area contributed by atoms with Crippen molar-refractivity contribution in [1.29, 1.82) is 0 Å². The lowest BCUT2D eigenvalue weighted by Crippen LogP contribution is -2.57. The summed E-state index contributed by atoms with van der Waals surface area (Å²) in [4.78, 5) is 106. The van der Waals surface area contributed by atoms with E-state index in [4.69, 9.17) is 47.2 Å². The highest BCUT2D eigenvalue weighted by molar-refractivity contribution is 7.85. The molecule has 1 aliphatic heterocycles. The normalized spacial score (nSPS) is 14.5. The van der Waals surface area contributed by atoms with Crippen LogP contribution in [-0.4, -0.2) is 231 Å². The maximum Gasteiger partial charge on any atom is 0.266 e. The average Bonchev–Trinajstić information content (AvgIpc) is 1.63. The van der Waals surface area contributed by atoms with Gasteiger partial charge in [-0.05, 0) is 75.1 Å². The number of aromatic nitrogens is 3. The molecule has 2 aliphatic rings. The number of Topliss-reactive ketones (excluding diaryl/α,β-unsaturated/α-hetero) is 1. The Morgan fingerprint density at radius 1 is 0.584 bits per heavy atom. The van der Waals surface area contributed by atoms with Crippen molar-refractivity contribution in [3.8, 4) is 11.8 Å². The molecule has 2 aromatic carbocycles. The van der Waals surface area contributed by atoms with Gasteiger partial charge in [0.05, 0.1) is 142 Å². The summed E-state index contributed by atoms with van der Waals surface area (Å²) in [6.45, 7) is 13.9. The number of unbranched alkanes of at least 4 members (excludes halogenated alkanes) is 1. The Hall–Kier alpha value is -7.35. The summed E-state index contributed by atoms with van der Waals surface area (Å²) in [5, 5.41) is 25.3. The monoisotopic (exact) mass is 1440 g/mol. The van der Waals surface area contributed by atoms with E-state index in [9.17, 15) is 46.8 Å². The Labute approximate surface area is 593 Å². The molecule has 3 aromatic rings. The number of ether oxygens (including phenoxy) is 9. The van der Waals surface area contributed by atoms with E-state index >= 15 is 0 Å². The second-order valence-electron chi connectivity index (χ2n) is 24.8. The molecule has 7 N–H and O–H groups in total. The van der Waals surface area contributed by atoms with Crippen LogP contribution in [0.4, 0.5) is 5.69 Å². The van der Waals surface area contributed by atoms with Gasteiger partial charge < -0.3 is 79.4 Å². The van der Waals surface area contributed by atoms with Gasteiger partial charge in [0, 0.05) is 62.4 Å². The van der Waals surface area contributed by atoms with E-state index in [1.807, 2.05) is 53.2 Å². The second-order valence-corrected chi connectivity index (χ2v) is 26.4. The molecule has 1 aromatic heterocycles. The predicted octanol–water partition coefficient (Wildman–Crippen LogP) is 2.85. The van der Waals surface area contributed by atoms with Crippen molar-refractivity contribution in [1.82, 2.24) is 46.9 Å². The third kappa shape index (κ3) is 34.5. The first kappa shape index (κ1) is 84.3. The fraction of sp³-hybridized carbons (Fsp3) is 0.657. The molecular formula is C70H106N10O20S. The molecule has 101 heavy (non-hydrogen) atoms. The van der Waals surface area contributed by atoms with Crippen molar-refractivity contribution < 1.29 is 94.0 Å². The van der Waals surface area contributed by atoms with Crippen molar-refractivity contribution in [2.45, 2.75) is 149 Å². The van der Waals surface area contributed by atoms with Crippen molar-refractivity contribution in [3.05, 3.63) is 76.6 Å². The number of anilines is 1. The first-order chi connectivity index (χ1) is 48.7. The number of carbonyl (C=O) groups excluding carboxylic acids is 8. The standard InChI is InChI=1S/C70H106N10O20S/c1-51(2)66(70(88)74-53(5)68(86)52(3)4)76-69(87)57(75-63(83)27-33-93-37-41-97-44-46-98-42-38-94-34-29-72-61(81)24-25-65(85)79-49-56-17-10-9-15-54(56)22-23-55-16-11-12-19-58(55)79)18-13-14-28-71-64(84)50-100-60-21-8-6-7-20-59-67(60)77-78-80(59)31-35-95-39-43-99-47-45-96-40-36-92-32-26-62(82)73-30-48-101(89,90)91/h9-12,15-17,19,51-53,57,60,66H,6-8,13-14,18,20-21,24-50H2,1-5H3,(H,71,84)(H,72,81)(H,73,82)(H,74,88)(H,75,83)(H,76,87)(H,89,90,91)/t53-,57?,60?,66-/m0/s1. The van der Waals surface area contributed by atoms with Crippen LogP contribution in [0, 0.1) is 23.7 Å². The van der Waals surface area contributed by atoms with E-state index in [1.54, 1.807) is 39.5 Å². The highest BCUT2D eigenvalue weighted by Crippen LogP contribution is 2.30. The van der Waals surface area contributed by atoms with Gasteiger partial charge in [-0.1, -0.05) is 87.9 Å². The largest absolute Gasteiger partial charge is 0.379 e. The molecule has 562 valence electrons. The van der Waals surface area contributed by atoms with Gasteiger partial charge in [-0.2, -0.15) is 8.42 Å². The number of nitrogens with zero attached hydrogens (tertiary/aromatic N) is 4. The smallest absolute Gasteiger partial charge is 0.266 e. The Balaban J connectivity index is 0.928. The Bertz CT molecular complexity index is 3210. The zero-order chi connectivity index (χ0) is 73.0. The second kappa shape index (κ2) is 48.5. The van der Waals surface area contributed by atoms with Gasteiger partial charge in [-0.3, -0.25) is 42.9 Å². The number of para-hydroxylation sites is 1. The topological polar surface area (TPSA) is 380 Å². The van der Waals surface area contributed by atoms with Crippen LogP contribution >= 0.6 is 0 Å². The summed E-state index contributed by atoms with van der Waals surface area (Å²) in [6, 6.07) is 12.4. The van der Waals surface area contributed by atoms with E-state index < -0.39 is 57.8 Å². The van der Waals surface area contributed by atoms with Crippen LogP contribution in [0.5, 0.6) is 0 Å². The maximum atomic E-state index is 13.9. The fourth-order valence-electron chi connectivity index (χ4n) is 10.6. The summed E-state index contributed by atoms with van der Waals surface area (Å²) in [5.74, 6) is 2.30. The number of nitrogens with one attached hydrogen (secondary N) is 6. The minimum atomic E-state index is -4.14. The molecule has 2 unspecified atom stereocenters. The van der Waals surface area contributed by atoms with Gasteiger partial charge in [0.15, 0.2) is 5.78 Å². The third-order valence-electron chi connectivity index (χ3n) is 16.1. The lowest BCUT2D eigenvalue weighted by molar-refractivity contribution is -0.134. The molecule has 0 saturated heterocycles. The minimum absolute atomic E-state index is 0.0286. The van der Waals surface area contributed by atoms with Crippen LogP contribution in [0.3, 0.4) is 0 Å². The van der Waals surface area contributed by atoms with Crippen LogP contribution in [0.15, 0.2) is 48.5 Å². The summed E-state index contributed by atoms with van der Waals surface area (Å²) in [6.07, 6.45) is 4.88. The number of hydrogen-bond donors (Lipinski definition) is 7. The summed E-state index contributed by atoms with van der Waals surface area (Å²) in [5.41, 5.74) is 4.90. The van der Waals surface area contributed by atoms with Gasteiger partial charge in [-0.15, -0.1) is 5.10 Å². The number of fused-ring (bicyclic) bond motifs is 3. The fourth-order valence-corrected chi connectivity index (χ4v) is 10.9. The molecule has 2 heterocycles. The highest BCUT2D eigenvalue weighted by atomic mass is 32.2. The van der Waals surface area contributed by atoms with Gasteiger partial charge in [0.25, 0.3) is 10.1 Å². The van der Waals surface area contributed by atoms with Gasteiger partial charge in [0.2, 0.25) is 41.4 Å². The van der Waals surface area contributed by atoms with Crippen LogP contribution in [0.2, 0.25) is 0 Å². The lowest BCUT2D eigenvalue weighted by atomic mass is 9.99. The van der Waals surface area contributed by atoms with Crippen molar-refractivity contribution >= 4 is 62.9 Å². The van der Waals surface area contributed by atoms with Crippen molar-refractivity contribution in [2.75, 3.05) is 143 Å². The van der Waals surface area contributed by atoms with Gasteiger partial charge >= 0.3 is 0 Å². The molecule has 1 aliphatic carbocycles. The SMILES string of the molecule is CC(C)C(=O)[C@H](C)NC(=O)[C@@H](NC(=O)C(CCCCNC(=O)COC1CCCCCc2c1nnn2CCOCCOCCOCCOCCC(=O)NCCS(=O)(=O)O)NC(=O)CCOCCOCCOCCOCCNC(=O)CCC(=O)N1Cc2ccccc2C#Cc2ccccc21)C(C)C. The number of hydrogen-bond acceptors (Lipinski definition) is 21.